The summed E-state index contributed by atoms with van der Waals surface area (Å²) in [6.45, 7) is 7.18. The highest BCUT2D eigenvalue weighted by Crippen LogP contribution is 2.41. The van der Waals surface area contributed by atoms with Gasteiger partial charge in [-0.3, -0.25) is 4.79 Å². The molecule has 122 valence electrons. The summed E-state index contributed by atoms with van der Waals surface area (Å²) >= 11 is 1.57. The van der Waals surface area contributed by atoms with Gasteiger partial charge in [0.2, 0.25) is 0 Å². The van der Waals surface area contributed by atoms with Gasteiger partial charge in [0.05, 0.1) is 24.4 Å². The van der Waals surface area contributed by atoms with Crippen LogP contribution in [0.2, 0.25) is 0 Å². The lowest BCUT2D eigenvalue weighted by Crippen LogP contribution is -2.58. The van der Waals surface area contributed by atoms with Gasteiger partial charge in [-0.1, -0.05) is 0 Å². The summed E-state index contributed by atoms with van der Waals surface area (Å²) in [5.41, 5.74) is 0.770. The predicted octanol–water partition coefficient (Wildman–Crippen LogP) is 3.18. The molecule has 2 aliphatic heterocycles. The summed E-state index contributed by atoms with van der Waals surface area (Å²) in [4.78, 5) is 14.7. The summed E-state index contributed by atoms with van der Waals surface area (Å²) in [6, 6.07) is 1.91. The summed E-state index contributed by atoms with van der Waals surface area (Å²) in [6.07, 6.45) is 3.49. The first kappa shape index (κ1) is 16.0. The summed E-state index contributed by atoms with van der Waals surface area (Å²) < 4.78 is 12.0. The van der Waals surface area contributed by atoms with Crippen molar-refractivity contribution in [1.82, 2.24) is 4.90 Å². The Morgan fingerprint density at radius 2 is 2.45 bits per heavy atom. The van der Waals surface area contributed by atoms with Crippen molar-refractivity contribution in [2.45, 2.75) is 45.3 Å². The minimum Gasteiger partial charge on any atom is -0.378 e. The molecule has 5 heteroatoms. The van der Waals surface area contributed by atoms with Gasteiger partial charge in [0.15, 0.2) is 0 Å². The largest absolute Gasteiger partial charge is 0.378 e. The zero-order valence-electron chi connectivity index (χ0n) is 13.4. The molecule has 2 fully saturated rings. The van der Waals surface area contributed by atoms with E-state index < -0.39 is 0 Å². The monoisotopic (exact) mass is 323 g/mol. The van der Waals surface area contributed by atoms with Crippen LogP contribution in [0, 0.1) is 5.41 Å². The van der Waals surface area contributed by atoms with E-state index in [1.165, 1.54) is 0 Å². The van der Waals surface area contributed by atoms with Crippen molar-refractivity contribution >= 4 is 17.2 Å². The number of fused-ring (bicyclic) bond motifs is 1. The van der Waals surface area contributed by atoms with Gasteiger partial charge in [-0.15, -0.1) is 0 Å². The Labute approximate surface area is 136 Å². The number of carbonyl (C=O) groups excluding carboxylic acids is 1. The van der Waals surface area contributed by atoms with E-state index in [1.807, 2.05) is 21.7 Å². The van der Waals surface area contributed by atoms with E-state index in [0.29, 0.717) is 6.61 Å². The minimum atomic E-state index is -0.0353. The van der Waals surface area contributed by atoms with Crippen LogP contribution < -0.4 is 0 Å². The maximum absolute atomic E-state index is 12.7. The third-order valence-electron chi connectivity index (χ3n) is 4.75. The van der Waals surface area contributed by atoms with Gasteiger partial charge in [0.1, 0.15) is 0 Å². The lowest BCUT2D eigenvalue weighted by molar-refractivity contribution is -0.152. The summed E-state index contributed by atoms with van der Waals surface area (Å²) in [5, 5.41) is 3.89. The molecule has 4 nitrogen and oxygen atoms in total. The minimum absolute atomic E-state index is 0.0353. The van der Waals surface area contributed by atoms with Crippen molar-refractivity contribution in [1.29, 1.82) is 0 Å². The molecule has 1 aromatic heterocycles. The van der Waals surface area contributed by atoms with Crippen molar-refractivity contribution in [3.63, 3.8) is 0 Å². The van der Waals surface area contributed by atoms with Crippen LogP contribution in [0.3, 0.4) is 0 Å². The van der Waals surface area contributed by atoms with Crippen LogP contribution >= 0.6 is 11.3 Å². The quantitative estimate of drug-likeness (QED) is 0.854. The smallest absolute Gasteiger partial charge is 0.254 e. The number of rotatable bonds is 4. The Kier molecular flexibility index (Phi) is 4.85. The highest BCUT2D eigenvalue weighted by Gasteiger charge is 2.47. The van der Waals surface area contributed by atoms with E-state index in [2.05, 4.69) is 13.8 Å². The van der Waals surface area contributed by atoms with Gasteiger partial charge >= 0.3 is 0 Å². The Morgan fingerprint density at radius 3 is 3.18 bits per heavy atom. The SMILES string of the molecule is CC(C)OCC12CCCOC1CCN(C(=O)c1ccsc1)C2. The number of hydrogen-bond acceptors (Lipinski definition) is 4. The number of carbonyl (C=O) groups is 1. The van der Waals surface area contributed by atoms with E-state index in [4.69, 9.17) is 9.47 Å². The van der Waals surface area contributed by atoms with Crippen LogP contribution in [0.1, 0.15) is 43.5 Å². The van der Waals surface area contributed by atoms with Gasteiger partial charge in [-0.2, -0.15) is 11.3 Å². The number of nitrogens with zero attached hydrogens (tertiary/aromatic N) is 1. The maximum atomic E-state index is 12.7. The van der Waals surface area contributed by atoms with Crippen molar-refractivity contribution in [3.05, 3.63) is 22.4 Å². The molecule has 0 aliphatic carbocycles. The van der Waals surface area contributed by atoms with Gasteiger partial charge in [-0.05, 0) is 44.6 Å². The van der Waals surface area contributed by atoms with E-state index in [-0.39, 0.29) is 23.5 Å². The second kappa shape index (κ2) is 6.69. The number of thiophene rings is 1. The van der Waals surface area contributed by atoms with Crippen molar-refractivity contribution in [3.8, 4) is 0 Å². The molecular weight excluding hydrogens is 298 g/mol. The first-order valence-corrected chi connectivity index (χ1v) is 9.10. The van der Waals surface area contributed by atoms with Crippen molar-refractivity contribution < 1.29 is 14.3 Å². The molecule has 3 rings (SSSR count). The van der Waals surface area contributed by atoms with Gasteiger partial charge in [-0.25, -0.2) is 0 Å². The van der Waals surface area contributed by atoms with Crippen molar-refractivity contribution in [2.24, 2.45) is 5.41 Å². The highest BCUT2D eigenvalue weighted by molar-refractivity contribution is 7.08. The molecule has 0 N–H and O–H groups in total. The molecule has 1 aromatic rings. The first-order chi connectivity index (χ1) is 10.6. The van der Waals surface area contributed by atoms with Crippen LogP contribution in [0.4, 0.5) is 0 Å². The fourth-order valence-electron chi connectivity index (χ4n) is 3.58. The van der Waals surface area contributed by atoms with Crippen LogP contribution in [-0.2, 0) is 9.47 Å². The standard InChI is InChI=1S/C17H25NO3S/c1-13(2)21-12-17-6-3-8-20-15(17)4-7-18(11-17)16(19)14-5-9-22-10-14/h5,9-10,13,15H,3-4,6-8,11-12H2,1-2H3. The van der Waals surface area contributed by atoms with Crippen LogP contribution in [0.25, 0.3) is 0 Å². The second-order valence-electron chi connectivity index (χ2n) is 6.71. The van der Waals surface area contributed by atoms with Crippen LogP contribution in [0.15, 0.2) is 16.8 Å². The van der Waals surface area contributed by atoms with Gasteiger partial charge < -0.3 is 14.4 Å². The average Bonchev–Trinajstić information content (AvgIpc) is 3.06. The zero-order chi connectivity index (χ0) is 15.6. The fourth-order valence-corrected chi connectivity index (χ4v) is 4.21. The summed E-state index contributed by atoms with van der Waals surface area (Å²) in [5.74, 6) is 0.147. The van der Waals surface area contributed by atoms with Crippen LogP contribution in [0.5, 0.6) is 0 Å². The first-order valence-electron chi connectivity index (χ1n) is 8.15. The average molecular weight is 323 g/mol. The second-order valence-corrected chi connectivity index (χ2v) is 7.49. The molecule has 0 aromatic carbocycles. The van der Waals surface area contributed by atoms with Crippen LogP contribution in [-0.4, -0.2) is 49.3 Å². The molecule has 0 saturated carbocycles. The molecule has 1 amide bonds. The van der Waals surface area contributed by atoms with E-state index >= 15 is 0 Å². The fraction of sp³-hybridized carbons (Fsp3) is 0.706. The lowest BCUT2D eigenvalue weighted by atomic mass is 9.73. The Morgan fingerprint density at radius 1 is 1.59 bits per heavy atom. The Hall–Kier alpha value is -0.910. The third-order valence-corrected chi connectivity index (χ3v) is 5.43. The molecule has 3 heterocycles. The Bertz CT molecular complexity index is 502. The molecule has 22 heavy (non-hydrogen) atoms. The lowest BCUT2D eigenvalue weighted by Gasteiger charge is -2.50. The van der Waals surface area contributed by atoms with E-state index in [1.54, 1.807) is 11.3 Å². The maximum Gasteiger partial charge on any atom is 0.254 e. The highest BCUT2D eigenvalue weighted by atomic mass is 32.1. The normalized spacial score (nSPS) is 28.7. The van der Waals surface area contributed by atoms with E-state index in [0.717, 1.165) is 44.5 Å². The third kappa shape index (κ3) is 3.21. The molecule has 2 aliphatic rings. The van der Waals surface area contributed by atoms with Gasteiger partial charge in [0, 0.05) is 30.5 Å². The molecule has 2 unspecified atom stereocenters. The number of amides is 1. The predicted molar refractivity (Wildman–Crippen MR) is 87.3 cm³/mol. The molecule has 0 spiro atoms. The van der Waals surface area contributed by atoms with Gasteiger partial charge in [0.25, 0.3) is 5.91 Å². The zero-order valence-corrected chi connectivity index (χ0v) is 14.2. The molecular formula is C17H25NO3S. The topological polar surface area (TPSA) is 38.8 Å². The summed E-state index contributed by atoms with van der Waals surface area (Å²) in [7, 11) is 0. The van der Waals surface area contributed by atoms with Crippen molar-refractivity contribution in [2.75, 3.05) is 26.3 Å². The molecule has 0 bridgehead atoms. The number of likely N-dealkylation sites (tertiary alicyclic amines) is 1. The number of hydrogen-bond donors (Lipinski definition) is 0. The Balaban J connectivity index is 1.75. The van der Waals surface area contributed by atoms with E-state index in [9.17, 15) is 4.79 Å². The molecule has 2 saturated heterocycles. The molecule has 0 radical (unpaired) electrons. The number of piperidine rings is 1. The number of ether oxygens (including phenoxy) is 2. The molecule has 2 atom stereocenters.